The quantitative estimate of drug-likeness (QED) is 0.714. The van der Waals surface area contributed by atoms with Gasteiger partial charge in [-0.2, -0.15) is 0 Å². The van der Waals surface area contributed by atoms with Crippen molar-refractivity contribution in [3.63, 3.8) is 0 Å². The summed E-state index contributed by atoms with van der Waals surface area (Å²) in [6, 6.07) is 9.20. The number of H-pyrrole nitrogens is 1. The van der Waals surface area contributed by atoms with Crippen LogP contribution in [0.3, 0.4) is 0 Å². The van der Waals surface area contributed by atoms with Crippen molar-refractivity contribution >= 4 is 22.9 Å². The minimum atomic E-state index is -0.536. The Morgan fingerprint density at radius 3 is 2.45 bits per heavy atom. The van der Waals surface area contributed by atoms with Crippen LogP contribution in [0.1, 0.15) is 43.6 Å². The van der Waals surface area contributed by atoms with Gasteiger partial charge in [-0.3, -0.25) is 18.8 Å². The Bertz CT molecular complexity index is 1200. The number of hydrogen-bond acceptors (Lipinski definition) is 5. The maximum atomic E-state index is 12.9. The van der Waals surface area contributed by atoms with Crippen LogP contribution in [-0.2, 0) is 11.3 Å². The van der Waals surface area contributed by atoms with E-state index in [2.05, 4.69) is 9.97 Å². The molecule has 0 bridgehead atoms. The van der Waals surface area contributed by atoms with Crippen molar-refractivity contribution in [3.05, 3.63) is 57.0 Å². The van der Waals surface area contributed by atoms with Gasteiger partial charge < -0.3 is 9.72 Å². The van der Waals surface area contributed by atoms with E-state index in [-0.39, 0.29) is 29.9 Å². The number of amides is 1. The number of carbonyl (C=O) groups excluding carboxylic acids is 1. The smallest absolute Gasteiger partial charge is 0.414 e. The monoisotopic (exact) mass is 395 g/mol. The Kier molecular flexibility index (Phi) is 4.04. The molecule has 1 N–H and O–H groups in total. The molecule has 0 aliphatic heterocycles. The number of carbonyl (C=O) groups is 1. The van der Waals surface area contributed by atoms with E-state index in [4.69, 9.17) is 4.74 Å². The average Bonchev–Trinajstić information content (AvgIpc) is 3.65. The van der Waals surface area contributed by atoms with Gasteiger partial charge in [0.25, 0.3) is 5.56 Å². The highest BCUT2D eigenvalue weighted by molar-refractivity contribution is 5.86. The minimum absolute atomic E-state index is 0.0199. The number of benzene rings is 1. The number of anilines is 1. The zero-order valence-corrected chi connectivity index (χ0v) is 16.0. The van der Waals surface area contributed by atoms with Gasteiger partial charge in [-0.15, -0.1) is 0 Å². The van der Waals surface area contributed by atoms with Crippen molar-refractivity contribution in [2.24, 2.45) is 0 Å². The maximum Gasteiger partial charge on any atom is 0.414 e. The number of nitrogens with zero attached hydrogens (tertiary/aromatic N) is 4. The fraction of sp³-hybridized carbons (Fsp3) is 0.400. The first-order valence-electron chi connectivity index (χ1n) is 9.75. The molecular formula is C20H21N5O4. The summed E-state index contributed by atoms with van der Waals surface area (Å²) in [5, 5.41) is 0. The number of ether oxygens (including phenoxy) is 1. The molecule has 2 aromatic heterocycles. The van der Waals surface area contributed by atoms with Crippen LogP contribution in [-0.4, -0.2) is 32.2 Å². The molecule has 3 aromatic rings. The zero-order chi connectivity index (χ0) is 20.1. The third-order valence-corrected chi connectivity index (χ3v) is 5.38. The second-order valence-electron chi connectivity index (χ2n) is 7.62. The van der Waals surface area contributed by atoms with Crippen molar-refractivity contribution in [2.75, 3.05) is 11.9 Å². The van der Waals surface area contributed by atoms with E-state index in [1.54, 1.807) is 23.7 Å². The zero-order valence-electron chi connectivity index (χ0n) is 16.0. The first-order chi connectivity index (χ1) is 14.0. The van der Waals surface area contributed by atoms with E-state index in [1.165, 1.54) is 9.47 Å². The Labute approximate surface area is 165 Å². The Hall–Kier alpha value is -3.36. The summed E-state index contributed by atoms with van der Waals surface area (Å²) in [6.45, 7) is -0.119. The summed E-state index contributed by atoms with van der Waals surface area (Å²) >= 11 is 0. The molecule has 0 saturated heterocycles. The number of para-hydroxylation sites is 1. The molecule has 9 heteroatoms. The van der Waals surface area contributed by atoms with Crippen molar-refractivity contribution in [1.29, 1.82) is 0 Å². The van der Waals surface area contributed by atoms with Crippen LogP contribution in [0.15, 0.2) is 39.9 Å². The van der Waals surface area contributed by atoms with E-state index >= 15 is 0 Å². The summed E-state index contributed by atoms with van der Waals surface area (Å²) < 4.78 is 8.31. The van der Waals surface area contributed by atoms with Gasteiger partial charge in [0.05, 0.1) is 0 Å². The summed E-state index contributed by atoms with van der Waals surface area (Å²) in [5.74, 6) is 0.342. The highest BCUT2D eigenvalue weighted by atomic mass is 16.6. The summed E-state index contributed by atoms with van der Waals surface area (Å²) in [6.07, 6.45) is 2.95. The number of imidazole rings is 1. The number of hydrogen-bond donors (Lipinski definition) is 1. The topological polar surface area (TPSA) is 102 Å². The molecule has 1 amide bonds. The van der Waals surface area contributed by atoms with Crippen LogP contribution < -0.4 is 16.1 Å². The number of nitrogens with one attached hydrogen (secondary N) is 1. The second kappa shape index (κ2) is 6.61. The van der Waals surface area contributed by atoms with Gasteiger partial charge in [0.2, 0.25) is 0 Å². The molecule has 2 aliphatic carbocycles. The summed E-state index contributed by atoms with van der Waals surface area (Å²) in [5.41, 5.74) is 0.715. The Morgan fingerprint density at radius 1 is 1.14 bits per heavy atom. The fourth-order valence-electron chi connectivity index (χ4n) is 3.52. The standard InChI is InChI=1S/C20H21N5O4/c1-23(12-5-3-2-4-6-12)20(28)29-11-15-21-16-17(22-15)24(13-7-8-13)19(27)25(18(16)26)14-9-10-14/h2-6,13-14H,7-11H2,1H3,(H,21,22). The van der Waals surface area contributed by atoms with Crippen LogP contribution in [0.2, 0.25) is 0 Å². The first kappa shape index (κ1) is 17.7. The molecule has 9 nitrogen and oxygen atoms in total. The van der Waals surface area contributed by atoms with E-state index in [0.29, 0.717) is 22.7 Å². The Morgan fingerprint density at radius 2 is 1.79 bits per heavy atom. The van der Waals surface area contributed by atoms with Crippen molar-refractivity contribution in [3.8, 4) is 0 Å². The van der Waals surface area contributed by atoms with Crippen LogP contribution in [0.25, 0.3) is 11.2 Å². The molecule has 0 unspecified atom stereocenters. The maximum absolute atomic E-state index is 12.9. The van der Waals surface area contributed by atoms with Crippen molar-refractivity contribution in [1.82, 2.24) is 19.1 Å². The normalized spacial score (nSPS) is 16.2. The van der Waals surface area contributed by atoms with E-state index < -0.39 is 6.09 Å². The number of aromatic nitrogens is 4. The predicted octanol–water partition coefficient (Wildman–Crippen LogP) is 2.33. The van der Waals surface area contributed by atoms with Gasteiger partial charge in [0, 0.05) is 24.8 Å². The van der Waals surface area contributed by atoms with Gasteiger partial charge in [0.1, 0.15) is 11.3 Å². The summed E-state index contributed by atoms with van der Waals surface area (Å²) in [7, 11) is 1.62. The second-order valence-corrected chi connectivity index (χ2v) is 7.62. The van der Waals surface area contributed by atoms with Crippen molar-refractivity contribution < 1.29 is 9.53 Å². The lowest BCUT2D eigenvalue weighted by Gasteiger charge is -2.16. The van der Waals surface area contributed by atoms with Crippen LogP contribution >= 0.6 is 0 Å². The minimum Gasteiger partial charge on any atom is -0.441 e. The number of fused-ring (bicyclic) bond motifs is 1. The van der Waals surface area contributed by atoms with Gasteiger partial charge in [-0.1, -0.05) is 18.2 Å². The SMILES string of the molecule is CN(C(=O)OCc1nc2c([nH]1)c(=O)n(C1CC1)c(=O)n2C1CC1)c1ccccc1. The third kappa shape index (κ3) is 3.12. The summed E-state index contributed by atoms with van der Waals surface area (Å²) in [4.78, 5) is 46.8. The molecule has 150 valence electrons. The average molecular weight is 395 g/mol. The largest absolute Gasteiger partial charge is 0.441 e. The third-order valence-electron chi connectivity index (χ3n) is 5.38. The van der Waals surface area contributed by atoms with Crippen LogP contribution in [0.4, 0.5) is 10.5 Å². The molecule has 2 fully saturated rings. The molecule has 29 heavy (non-hydrogen) atoms. The number of aromatic amines is 1. The lowest BCUT2D eigenvalue weighted by molar-refractivity contribution is 0.146. The van der Waals surface area contributed by atoms with E-state index in [1.807, 2.05) is 18.2 Å². The van der Waals surface area contributed by atoms with Gasteiger partial charge in [0.15, 0.2) is 12.3 Å². The lowest BCUT2D eigenvalue weighted by Crippen LogP contribution is -2.39. The first-order valence-corrected chi connectivity index (χ1v) is 9.75. The molecule has 0 spiro atoms. The van der Waals surface area contributed by atoms with Crippen LogP contribution in [0.5, 0.6) is 0 Å². The molecule has 2 saturated carbocycles. The molecule has 0 atom stereocenters. The molecule has 5 rings (SSSR count). The highest BCUT2D eigenvalue weighted by Crippen LogP contribution is 2.36. The fourth-order valence-corrected chi connectivity index (χ4v) is 3.52. The molecular weight excluding hydrogens is 374 g/mol. The lowest BCUT2D eigenvalue weighted by atomic mass is 10.3. The molecule has 1 aromatic carbocycles. The Balaban J connectivity index is 1.44. The van der Waals surface area contributed by atoms with Crippen LogP contribution in [0, 0.1) is 0 Å². The molecule has 2 aliphatic rings. The molecule has 2 heterocycles. The van der Waals surface area contributed by atoms with Gasteiger partial charge >= 0.3 is 11.8 Å². The van der Waals surface area contributed by atoms with Gasteiger partial charge in [-0.05, 0) is 37.8 Å². The number of rotatable bonds is 5. The van der Waals surface area contributed by atoms with Crippen molar-refractivity contribution in [2.45, 2.75) is 44.4 Å². The van der Waals surface area contributed by atoms with E-state index in [9.17, 15) is 14.4 Å². The van der Waals surface area contributed by atoms with E-state index in [0.717, 1.165) is 25.7 Å². The highest BCUT2D eigenvalue weighted by Gasteiger charge is 2.34. The van der Waals surface area contributed by atoms with Gasteiger partial charge in [-0.25, -0.2) is 14.6 Å². The molecule has 0 radical (unpaired) electrons. The predicted molar refractivity (Wildman–Crippen MR) is 106 cm³/mol.